The molecule has 1 aliphatic heterocycles. The average molecular weight is 620 g/mol. The summed E-state index contributed by atoms with van der Waals surface area (Å²) in [5, 5.41) is 24.3. The van der Waals surface area contributed by atoms with Crippen LogP contribution in [0.1, 0.15) is 49.5 Å². The van der Waals surface area contributed by atoms with Gasteiger partial charge in [-0.3, -0.25) is 14.3 Å². The van der Waals surface area contributed by atoms with Crippen LogP contribution in [0.2, 0.25) is 0 Å². The van der Waals surface area contributed by atoms with Gasteiger partial charge in [0.15, 0.2) is 5.65 Å². The number of ether oxygens (including phenoxy) is 1. The Bertz CT molecular complexity index is 1720. The standard InChI is InChI=1S/C31H35F2N9O3/c1-4-20-6-7-25(45-30(32)33)22(14-20)27-24(38-29(44)23-15-37-42-11-5-10-35-28(23)42)16-41(39-27)17-26(43)40-12-8-21(9-13-40)36-19-31(2,3)18-34/h5-7,10-11,14-16,21,30,36H,4,8-9,12-13,17,19H2,1-3H3,(H,38,44). The highest BCUT2D eigenvalue weighted by atomic mass is 19.3. The number of nitrogens with zero attached hydrogens (tertiary/aromatic N) is 7. The minimum Gasteiger partial charge on any atom is -0.434 e. The number of hydrogen-bond acceptors (Lipinski definition) is 8. The number of piperidine rings is 1. The van der Waals surface area contributed by atoms with Crippen molar-refractivity contribution in [3.8, 4) is 23.1 Å². The average Bonchev–Trinajstić information content (AvgIpc) is 3.64. The van der Waals surface area contributed by atoms with Gasteiger partial charge in [0.2, 0.25) is 5.91 Å². The third-order valence-corrected chi connectivity index (χ3v) is 7.74. The molecule has 3 aromatic heterocycles. The molecule has 0 atom stereocenters. The number of alkyl halides is 2. The minimum absolute atomic E-state index is 0.110. The summed E-state index contributed by atoms with van der Waals surface area (Å²) in [7, 11) is 0. The Morgan fingerprint density at radius 1 is 1.24 bits per heavy atom. The molecule has 1 saturated heterocycles. The molecule has 14 heteroatoms. The molecule has 5 rings (SSSR count). The molecule has 1 aliphatic rings. The number of fused-ring (bicyclic) bond motifs is 1. The molecule has 2 amide bonds. The lowest BCUT2D eigenvalue weighted by molar-refractivity contribution is -0.133. The number of aryl methyl sites for hydroxylation is 1. The van der Waals surface area contributed by atoms with E-state index in [4.69, 9.17) is 4.74 Å². The Hall–Kier alpha value is -4.90. The van der Waals surface area contributed by atoms with Crippen LogP contribution in [0, 0.1) is 16.7 Å². The number of nitriles is 1. The second kappa shape index (κ2) is 13.4. The van der Waals surface area contributed by atoms with E-state index in [0.29, 0.717) is 31.7 Å². The van der Waals surface area contributed by atoms with Crippen molar-refractivity contribution in [2.75, 3.05) is 25.0 Å². The van der Waals surface area contributed by atoms with Gasteiger partial charge in [-0.25, -0.2) is 9.50 Å². The molecule has 0 radical (unpaired) electrons. The molecule has 1 aromatic carbocycles. The number of rotatable bonds is 11. The molecule has 0 saturated carbocycles. The van der Waals surface area contributed by atoms with Crippen molar-refractivity contribution in [1.82, 2.24) is 34.6 Å². The summed E-state index contributed by atoms with van der Waals surface area (Å²) >= 11 is 0. The molecule has 0 aliphatic carbocycles. The third-order valence-electron chi connectivity index (χ3n) is 7.74. The molecule has 2 N–H and O–H groups in total. The first-order valence-corrected chi connectivity index (χ1v) is 14.7. The van der Waals surface area contributed by atoms with Crippen LogP contribution in [0.3, 0.4) is 0 Å². The number of aromatic nitrogens is 5. The van der Waals surface area contributed by atoms with Crippen LogP contribution < -0.4 is 15.4 Å². The topological polar surface area (TPSA) is 142 Å². The van der Waals surface area contributed by atoms with Crippen molar-refractivity contribution in [3.63, 3.8) is 0 Å². The monoisotopic (exact) mass is 619 g/mol. The number of hydrogen-bond donors (Lipinski definition) is 2. The third kappa shape index (κ3) is 7.43. The minimum atomic E-state index is -3.08. The van der Waals surface area contributed by atoms with Crippen LogP contribution in [0.15, 0.2) is 49.1 Å². The largest absolute Gasteiger partial charge is 0.434 e. The van der Waals surface area contributed by atoms with Crippen LogP contribution >= 0.6 is 0 Å². The fourth-order valence-corrected chi connectivity index (χ4v) is 5.16. The highest BCUT2D eigenvalue weighted by Gasteiger charge is 2.27. The second-order valence-corrected chi connectivity index (χ2v) is 11.6. The lowest BCUT2D eigenvalue weighted by atomic mass is 9.94. The molecular formula is C31H35F2N9O3. The zero-order chi connectivity index (χ0) is 32.1. The molecule has 12 nitrogen and oxygen atoms in total. The maximum Gasteiger partial charge on any atom is 0.387 e. The Morgan fingerprint density at radius 3 is 2.73 bits per heavy atom. The maximum absolute atomic E-state index is 13.4. The van der Waals surface area contributed by atoms with Gasteiger partial charge in [0.1, 0.15) is 23.6 Å². The van der Waals surface area contributed by atoms with Crippen molar-refractivity contribution in [1.29, 1.82) is 5.26 Å². The predicted octanol–water partition coefficient (Wildman–Crippen LogP) is 4.14. The van der Waals surface area contributed by atoms with E-state index in [-0.39, 0.29) is 46.8 Å². The van der Waals surface area contributed by atoms with Gasteiger partial charge in [-0.15, -0.1) is 0 Å². The molecule has 0 spiro atoms. The summed E-state index contributed by atoms with van der Waals surface area (Å²) in [6, 6.07) is 8.98. The first kappa shape index (κ1) is 31.5. The van der Waals surface area contributed by atoms with E-state index in [0.717, 1.165) is 18.4 Å². The first-order valence-electron chi connectivity index (χ1n) is 14.7. The predicted molar refractivity (Wildman–Crippen MR) is 162 cm³/mol. The Kier molecular flexibility index (Phi) is 9.38. The number of carbonyl (C=O) groups is 2. The zero-order valence-corrected chi connectivity index (χ0v) is 25.3. The molecule has 4 heterocycles. The molecular weight excluding hydrogens is 584 g/mol. The summed E-state index contributed by atoms with van der Waals surface area (Å²) in [5.41, 5.74) is 1.54. The molecule has 0 unspecified atom stereocenters. The lowest BCUT2D eigenvalue weighted by Gasteiger charge is -2.33. The summed E-state index contributed by atoms with van der Waals surface area (Å²) in [4.78, 5) is 32.7. The number of halogens is 2. The van der Waals surface area contributed by atoms with E-state index >= 15 is 0 Å². The summed E-state index contributed by atoms with van der Waals surface area (Å²) in [5.74, 6) is -0.815. The lowest BCUT2D eigenvalue weighted by Crippen LogP contribution is -2.47. The van der Waals surface area contributed by atoms with Crippen molar-refractivity contribution < 1.29 is 23.1 Å². The van der Waals surface area contributed by atoms with Crippen molar-refractivity contribution in [2.24, 2.45) is 5.41 Å². The van der Waals surface area contributed by atoms with E-state index in [1.807, 2.05) is 20.8 Å². The van der Waals surface area contributed by atoms with E-state index < -0.39 is 17.9 Å². The van der Waals surface area contributed by atoms with Crippen molar-refractivity contribution in [3.05, 3.63) is 60.2 Å². The van der Waals surface area contributed by atoms with Crippen LogP contribution in [0.25, 0.3) is 16.9 Å². The molecule has 236 valence electrons. The highest BCUT2D eigenvalue weighted by molar-refractivity contribution is 6.09. The van der Waals surface area contributed by atoms with Crippen LogP contribution in [-0.4, -0.2) is 73.4 Å². The van der Waals surface area contributed by atoms with E-state index in [9.17, 15) is 23.6 Å². The van der Waals surface area contributed by atoms with E-state index in [1.165, 1.54) is 27.7 Å². The number of amides is 2. The molecule has 45 heavy (non-hydrogen) atoms. The first-order chi connectivity index (χ1) is 21.6. The Balaban J connectivity index is 1.39. The number of nitrogens with one attached hydrogen (secondary N) is 2. The number of anilines is 1. The summed E-state index contributed by atoms with van der Waals surface area (Å²) in [6.07, 6.45) is 8.19. The van der Waals surface area contributed by atoms with Gasteiger partial charge in [-0.2, -0.15) is 24.2 Å². The number of likely N-dealkylation sites (tertiary alicyclic amines) is 1. The second-order valence-electron chi connectivity index (χ2n) is 11.6. The van der Waals surface area contributed by atoms with Gasteiger partial charge in [0, 0.05) is 49.8 Å². The number of benzene rings is 1. The van der Waals surface area contributed by atoms with Gasteiger partial charge in [0.25, 0.3) is 5.91 Å². The van der Waals surface area contributed by atoms with Gasteiger partial charge in [-0.1, -0.05) is 13.0 Å². The van der Waals surface area contributed by atoms with E-state index in [2.05, 4.69) is 31.9 Å². The molecule has 0 bridgehead atoms. The van der Waals surface area contributed by atoms with Gasteiger partial charge >= 0.3 is 6.61 Å². The molecule has 4 aromatic rings. The quantitative estimate of drug-likeness (QED) is 0.255. The maximum atomic E-state index is 13.4. The van der Waals surface area contributed by atoms with Crippen LogP contribution in [-0.2, 0) is 17.8 Å². The van der Waals surface area contributed by atoms with E-state index in [1.54, 1.807) is 35.5 Å². The van der Waals surface area contributed by atoms with Crippen LogP contribution in [0.4, 0.5) is 14.5 Å². The van der Waals surface area contributed by atoms with Crippen molar-refractivity contribution in [2.45, 2.75) is 59.2 Å². The fraction of sp³-hybridized carbons (Fsp3) is 0.419. The van der Waals surface area contributed by atoms with Crippen molar-refractivity contribution >= 4 is 23.1 Å². The Morgan fingerprint density at radius 2 is 2.02 bits per heavy atom. The molecule has 1 fully saturated rings. The van der Waals surface area contributed by atoms with Gasteiger partial charge < -0.3 is 20.3 Å². The fourth-order valence-electron chi connectivity index (χ4n) is 5.16. The Labute approximate surface area is 259 Å². The van der Waals surface area contributed by atoms with Crippen LogP contribution in [0.5, 0.6) is 5.75 Å². The summed E-state index contributed by atoms with van der Waals surface area (Å²) < 4.78 is 34.4. The van der Waals surface area contributed by atoms with Gasteiger partial charge in [0.05, 0.1) is 23.4 Å². The SMILES string of the molecule is CCc1ccc(OC(F)F)c(-c2nn(CC(=O)N3CCC(NCC(C)(C)C#N)CC3)cc2NC(=O)c2cnn3cccnc23)c1. The smallest absolute Gasteiger partial charge is 0.387 e. The number of carbonyl (C=O) groups excluding carboxylic acids is 2. The highest BCUT2D eigenvalue weighted by Crippen LogP contribution is 2.36. The zero-order valence-electron chi connectivity index (χ0n) is 25.3. The normalized spacial score (nSPS) is 14.1. The summed E-state index contributed by atoms with van der Waals surface area (Å²) in [6.45, 7) is 4.11. The van der Waals surface area contributed by atoms with Gasteiger partial charge in [-0.05, 0) is 56.9 Å².